The SMILES string of the molecule is Cc1cc(C)n(CC(=O)Nc2ccn([C@H]3CCNC3)n2)n1. The van der Waals surface area contributed by atoms with Crippen LogP contribution < -0.4 is 10.6 Å². The highest BCUT2D eigenvalue weighted by Crippen LogP contribution is 2.15. The van der Waals surface area contributed by atoms with Gasteiger partial charge in [0, 0.05) is 24.5 Å². The van der Waals surface area contributed by atoms with Crippen LogP contribution in [0.25, 0.3) is 0 Å². The fourth-order valence-electron chi connectivity index (χ4n) is 2.63. The van der Waals surface area contributed by atoms with Crippen molar-refractivity contribution in [3.63, 3.8) is 0 Å². The summed E-state index contributed by atoms with van der Waals surface area (Å²) < 4.78 is 3.61. The number of hydrogen-bond donors (Lipinski definition) is 2. The van der Waals surface area contributed by atoms with Gasteiger partial charge in [-0.2, -0.15) is 10.2 Å². The van der Waals surface area contributed by atoms with E-state index in [1.807, 2.05) is 36.9 Å². The zero-order valence-corrected chi connectivity index (χ0v) is 12.3. The standard InChI is InChI=1S/C14H20N6O/c1-10-7-11(2)20(17-10)9-14(21)16-13-4-6-19(18-13)12-3-5-15-8-12/h4,6-7,12,15H,3,5,8-9H2,1-2H3,(H,16,18,21)/t12-/m0/s1. The van der Waals surface area contributed by atoms with Crippen molar-refractivity contribution in [2.24, 2.45) is 0 Å². The second kappa shape index (κ2) is 5.69. The van der Waals surface area contributed by atoms with Crippen LogP contribution >= 0.6 is 0 Å². The molecule has 2 N–H and O–H groups in total. The molecule has 1 aliphatic heterocycles. The fraction of sp³-hybridized carbons (Fsp3) is 0.500. The molecule has 0 aromatic carbocycles. The highest BCUT2D eigenvalue weighted by atomic mass is 16.2. The third kappa shape index (κ3) is 3.13. The van der Waals surface area contributed by atoms with Gasteiger partial charge in [0.15, 0.2) is 5.82 Å². The van der Waals surface area contributed by atoms with Crippen LogP contribution in [0, 0.1) is 13.8 Å². The summed E-state index contributed by atoms with van der Waals surface area (Å²) >= 11 is 0. The molecule has 0 radical (unpaired) electrons. The maximum atomic E-state index is 12.0. The van der Waals surface area contributed by atoms with Crippen molar-refractivity contribution in [3.05, 3.63) is 29.7 Å². The number of hydrogen-bond acceptors (Lipinski definition) is 4. The Hall–Kier alpha value is -2.15. The molecular formula is C14H20N6O. The molecule has 7 heteroatoms. The highest BCUT2D eigenvalue weighted by molar-refractivity contribution is 5.89. The van der Waals surface area contributed by atoms with Crippen LogP contribution in [-0.2, 0) is 11.3 Å². The van der Waals surface area contributed by atoms with Crippen molar-refractivity contribution in [1.82, 2.24) is 24.9 Å². The van der Waals surface area contributed by atoms with Gasteiger partial charge in [-0.05, 0) is 32.9 Å². The van der Waals surface area contributed by atoms with E-state index in [1.165, 1.54) is 0 Å². The Morgan fingerprint density at radius 2 is 2.33 bits per heavy atom. The van der Waals surface area contributed by atoms with Gasteiger partial charge < -0.3 is 10.6 Å². The quantitative estimate of drug-likeness (QED) is 0.875. The molecule has 1 aliphatic rings. The molecule has 0 bridgehead atoms. The van der Waals surface area contributed by atoms with Gasteiger partial charge in [0.05, 0.1) is 11.7 Å². The summed E-state index contributed by atoms with van der Waals surface area (Å²) in [6, 6.07) is 4.17. The molecule has 3 heterocycles. The molecule has 0 aliphatic carbocycles. The van der Waals surface area contributed by atoms with Crippen LogP contribution in [0.3, 0.4) is 0 Å². The third-order valence-electron chi connectivity index (χ3n) is 3.68. The lowest BCUT2D eigenvalue weighted by atomic mass is 10.3. The number of rotatable bonds is 4. The summed E-state index contributed by atoms with van der Waals surface area (Å²) in [5, 5.41) is 14.8. The van der Waals surface area contributed by atoms with Crippen molar-refractivity contribution >= 4 is 11.7 Å². The van der Waals surface area contributed by atoms with Crippen LogP contribution in [0.1, 0.15) is 23.9 Å². The molecule has 2 aromatic rings. The number of nitrogens with one attached hydrogen (secondary N) is 2. The van der Waals surface area contributed by atoms with E-state index in [4.69, 9.17) is 0 Å². The van der Waals surface area contributed by atoms with Gasteiger partial charge in [0.25, 0.3) is 0 Å². The van der Waals surface area contributed by atoms with Crippen molar-refractivity contribution in [3.8, 4) is 0 Å². The van der Waals surface area contributed by atoms with E-state index in [9.17, 15) is 4.79 Å². The summed E-state index contributed by atoms with van der Waals surface area (Å²) in [6.45, 7) is 6.01. The van der Waals surface area contributed by atoms with E-state index in [2.05, 4.69) is 20.8 Å². The second-order valence-corrected chi connectivity index (χ2v) is 5.46. The molecule has 2 aromatic heterocycles. The molecule has 3 rings (SSSR count). The van der Waals surface area contributed by atoms with Gasteiger partial charge in [0.2, 0.25) is 5.91 Å². The molecular weight excluding hydrogens is 268 g/mol. The van der Waals surface area contributed by atoms with Crippen molar-refractivity contribution < 1.29 is 4.79 Å². The first-order chi connectivity index (χ1) is 10.1. The molecule has 0 unspecified atom stereocenters. The van der Waals surface area contributed by atoms with E-state index < -0.39 is 0 Å². The van der Waals surface area contributed by atoms with Gasteiger partial charge >= 0.3 is 0 Å². The summed E-state index contributed by atoms with van der Waals surface area (Å²) in [4.78, 5) is 12.0. The maximum Gasteiger partial charge on any atom is 0.247 e. The van der Waals surface area contributed by atoms with Crippen LogP contribution in [0.5, 0.6) is 0 Å². The average molecular weight is 288 g/mol. The van der Waals surface area contributed by atoms with Gasteiger partial charge in [0.1, 0.15) is 6.54 Å². The molecule has 1 amide bonds. The molecule has 1 fully saturated rings. The van der Waals surface area contributed by atoms with Gasteiger partial charge in [-0.3, -0.25) is 14.2 Å². The molecule has 7 nitrogen and oxygen atoms in total. The molecule has 1 saturated heterocycles. The Labute approximate surface area is 123 Å². The van der Waals surface area contributed by atoms with Crippen molar-refractivity contribution in [1.29, 1.82) is 0 Å². The first kappa shape index (κ1) is 13.8. The minimum Gasteiger partial charge on any atom is -0.315 e. The van der Waals surface area contributed by atoms with Crippen LogP contribution in [0.15, 0.2) is 18.3 Å². The van der Waals surface area contributed by atoms with Gasteiger partial charge in [-0.25, -0.2) is 0 Å². The Morgan fingerprint density at radius 1 is 1.48 bits per heavy atom. The van der Waals surface area contributed by atoms with E-state index in [0.717, 1.165) is 30.9 Å². The number of anilines is 1. The lowest BCUT2D eigenvalue weighted by molar-refractivity contribution is -0.117. The fourth-order valence-corrected chi connectivity index (χ4v) is 2.63. The normalized spacial score (nSPS) is 18.1. The highest BCUT2D eigenvalue weighted by Gasteiger charge is 2.17. The zero-order valence-electron chi connectivity index (χ0n) is 12.3. The number of carbonyl (C=O) groups is 1. The molecule has 21 heavy (non-hydrogen) atoms. The third-order valence-corrected chi connectivity index (χ3v) is 3.68. The lowest BCUT2D eigenvalue weighted by Gasteiger charge is -2.08. The van der Waals surface area contributed by atoms with E-state index >= 15 is 0 Å². The molecule has 0 saturated carbocycles. The number of aryl methyl sites for hydroxylation is 2. The monoisotopic (exact) mass is 288 g/mol. The number of nitrogens with zero attached hydrogens (tertiary/aromatic N) is 4. The smallest absolute Gasteiger partial charge is 0.247 e. The number of amides is 1. The summed E-state index contributed by atoms with van der Waals surface area (Å²) in [5.41, 5.74) is 1.89. The topological polar surface area (TPSA) is 76.8 Å². The summed E-state index contributed by atoms with van der Waals surface area (Å²) in [6.07, 6.45) is 2.98. The van der Waals surface area contributed by atoms with E-state index in [1.54, 1.807) is 4.68 Å². The molecule has 1 atom stereocenters. The number of aromatic nitrogens is 4. The van der Waals surface area contributed by atoms with Crippen LogP contribution in [-0.4, -0.2) is 38.6 Å². The minimum absolute atomic E-state index is 0.115. The first-order valence-electron chi connectivity index (χ1n) is 7.18. The van der Waals surface area contributed by atoms with Crippen molar-refractivity contribution in [2.75, 3.05) is 18.4 Å². The lowest BCUT2D eigenvalue weighted by Crippen LogP contribution is -2.21. The first-order valence-corrected chi connectivity index (χ1v) is 7.18. The van der Waals surface area contributed by atoms with E-state index in [-0.39, 0.29) is 12.5 Å². The predicted molar refractivity (Wildman–Crippen MR) is 79.1 cm³/mol. The van der Waals surface area contributed by atoms with Crippen LogP contribution in [0.4, 0.5) is 5.82 Å². The van der Waals surface area contributed by atoms with Gasteiger partial charge in [-0.15, -0.1) is 0 Å². The second-order valence-electron chi connectivity index (χ2n) is 5.46. The van der Waals surface area contributed by atoms with Crippen LogP contribution in [0.2, 0.25) is 0 Å². The Balaban J connectivity index is 1.61. The molecule has 0 spiro atoms. The van der Waals surface area contributed by atoms with Gasteiger partial charge in [-0.1, -0.05) is 0 Å². The summed E-state index contributed by atoms with van der Waals surface area (Å²) in [7, 11) is 0. The Kier molecular flexibility index (Phi) is 3.74. The average Bonchev–Trinajstić information content (AvgIpc) is 3.11. The largest absolute Gasteiger partial charge is 0.315 e. The van der Waals surface area contributed by atoms with Crippen molar-refractivity contribution in [2.45, 2.75) is 32.9 Å². The van der Waals surface area contributed by atoms with E-state index in [0.29, 0.717) is 11.9 Å². The summed E-state index contributed by atoms with van der Waals surface area (Å²) in [5.74, 6) is 0.476. The Bertz CT molecular complexity index is 638. The maximum absolute atomic E-state index is 12.0. The minimum atomic E-state index is -0.115. The number of carbonyl (C=O) groups excluding carboxylic acids is 1. The zero-order chi connectivity index (χ0) is 14.8. The Morgan fingerprint density at radius 3 is 3.00 bits per heavy atom. The predicted octanol–water partition coefficient (Wildman–Crippen LogP) is 0.870. The molecule has 112 valence electrons.